The average Bonchev–Trinajstić information content (AvgIpc) is 2.35. The molecular formula is C12H16N2O4. The van der Waals surface area contributed by atoms with Gasteiger partial charge in [-0.05, 0) is 18.1 Å². The number of nitrogens with zero attached hydrogens (tertiary/aromatic N) is 1. The Hall–Kier alpha value is -1.95. The summed E-state index contributed by atoms with van der Waals surface area (Å²) in [7, 11) is 1.21. The van der Waals surface area contributed by atoms with Gasteiger partial charge in [-0.1, -0.05) is 24.3 Å². The topological polar surface area (TPSA) is 95.5 Å². The predicted octanol–water partition coefficient (Wildman–Crippen LogP) is 0.856. The Bertz CT molecular complexity index is 447. The second kappa shape index (κ2) is 6.11. The van der Waals surface area contributed by atoms with Gasteiger partial charge in [0.2, 0.25) is 6.54 Å². The van der Waals surface area contributed by atoms with Gasteiger partial charge in [0.25, 0.3) is 0 Å². The van der Waals surface area contributed by atoms with E-state index in [1.165, 1.54) is 7.11 Å². The molecule has 1 aromatic carbocycles. The summed E-state index contributed by atoms with van der Waals surface area (Å²) in [6, 6.07) is 6.12. The molecule has 0 saturated heterocycles. The molecule has 0 spiro atoms. The molecule has 18 heavy (non-hydrogen) atoms. The fraction of sp³-hybridized carbons (Fsp3) is 0.417. The van der Waals surface area contributed by atoms with E-state index >= 15 is 0 Å². The molecule has 98 valence electrons. The highest BCUT2D eigenvalue weighted by molar-refractivity contribution is 5.76. The third-order valence-corrected chi connectivity index (χ3v) is 2.84. The zero-order valence-corrected chi connectivity index (χ0v) is 10.3. The number of rotatable bonds is 5. The molecule has 6 heteroatoms. The van der Waals surface area contributed by atoms with Crippen molar-refractivity contribution in [3.05, 3.63) is 45.5 Å². The van der Waals surface area contributed by atoms with Crippen LogP contribution < -0.4 is 5.73 Å². The van der Waals surface area contributed by atoms with Crippen molar-refractivity contribution < 1.29 is 14.5 Å². The molecule has 1 rings (SSSR count). The SMILES string of the molecule is COC(=O)[C@H](N)[C@H](C[N+](=O)[O-])c1ccccc1C. The Kier molecular flexibility index (Phi) is 4.79. The maximum atomic E-state index is 11.4. The summed E-state index contributed by atoms with van der Waals surface area (Å²) in [5.74, 6) is -1.33. The van der Waals surface area contributed by atoms with E-state index in [1.54, 1.807) is 12.1 Å². The van der Waals surface area contributed by atoms with Crippen molar-refractivity contribution in [1.82, 2.24) is 0 Å². The highest BCUT2D eigenvalue weighted by Gasteiger charge is 2.31. The average molecular weight is 252 g/mol. The summed E-state index contributed by atoms with van der Waals surface area (Å²) in [5, 5.41) is 10.7. The number of hydrogen-bond donors (Lipinski definition) is 1. The molecule has 0 fully saturated rings. The molecule has 6 nitrogen and oxygen atoms in total. The molecule has 0 aliphatic rings. The molecule has 1 aromatic rings. The lowest BCUT2D eigenvalue weighted by Crippen LogP contribution is -2.40. The zero-order chi connectivity index (χ0) is 13.7. The van der Waals surface area contributed by atoms with Gasteiger partial charge in [-0.15, -0.1) is 0 Å². The fourth-order valence-corrected chi connectivity index (χ4v) is 1.87. The lowest BCUT2D eigenvalue weighted by atomic mass is 9.89. The van der Waals surface area contributed by atoms with E-state index in [0.29, 0.717) is 5.56 Å². The smallest absolute Gasteiger partial charge is 0.323 e. The largest absolute Gasteiger partial charge is 0.468 e. The lowest BCUT2D eigenvalue weighted by molar-refractivity contribution is -0.483. The van der Waals surface area contributed by atoms with Crippen LogP contribution in [0.2, 0.25) is 0 Å². The third-order valence-electron chi connectivity index (χ3n) is 2.84. The minimum atomic E-state index is -1.04. The first-order valence-corrected chi connectivity index (χ1v) is 5.48. The molecule has 0 saturated carbocycles. The minimum absolute atomic E-state index is 0.402. The number of benzene rings is 1. The van der Waals surface area contributed by atoms with Crippen LogP contribution in [0.25, 0.3) is 0 Å². The lowest BCUT2D eigenvalue weighted by Gasteiger charge is -2.20. The second-order valence-corrected chi connectivity index (χ2v) is 4.03. The first-order chi connectivity index (χ1) is 8.47. The van der Waals surface area contributed by atoms with Crippen LogP contribution in [0.4, 0.5) is 0 Å². The van der Waals surface area contributed by atoms with E-state index < -0.39 is 29.4 Å². The number of carbonyl (C=O) groups is 1. The first-order valence-electron chi connectivity index (χ1n) is 5.48. The third kappa shape index (κ3) is 3.27. The van der Waals surface area contributed by atoms with E-state index in [4.69, 9.17) is 5.73 Å². The van der Waals surface area contributed by atoms with E-state index in [-0.39, 0.29) is 0 Å². The fourth-order valence-electron chi connectivity index (χ4n) is 1.87. The Morgan fingerprint density at radius 1 is 1.50 bits per heavy atom. The van der Waals surface area contributed by atoms with Crippen molar-refractivity contribution >= 4 is 5.97 Å². The van der Waals surface area contributed by atoms with E-state index in [9.17, 15) is 14.9 Å². The van der Waals surface area contributed by atoms with Crippen LogP contribution in [0, 0.1) is 17.0 Å². The monoisotopic (exact) mass is 252 g/mol. The van der Waals surface area contributed by atoms with Crippen LogP contribution in [0.15, 0.2) is 24.3 Å². The summed E-state index contributed by atoms with van der Waals surface area (Å²) in [5.41, 5.74) is 7.31. The molecule has 0 aliphatic heterocycles. The number of hydrogen-bond acceptors (Lipinski definition) is 5. The number of nitro groups is 1. The molecule has 0 radical (unpaired) electrons. The van der Waals surface area contributed by atoms with Gasteiger partial charge in [0.1, 0.15) is 6.04 Å². The maximum Gasteiger partial charge on any atom is 0.323 e. The van der Waals surface area contributed by atoms with Gasteiger partial charge in [-0.2, -0.15) is 0 Å². The molecule has 2 N–H and O–H groups in total. The minimum Gasteiger partial charge on any atom is -0.468 e. The summed E-state index contributed by atoms with van der Waals surface area (Å²) >= 11 is 0. The molecule has 0 unspecified atom stereocenters. The number of esters is 1. The highest BCUT2D eigenvalue weighted by Crippen LogP contribution is 2.23. The first kappa shape index (κ1) is 14.1. The van der Waals surface area contributed by atoms with Crippen molar-refractivity contribution in [2.24, 2.45) is 5.73 Å². The number of nitrogens with two attached hydrogens (primary N) is 1. The zero-order valence-electron chi connectivity index (χ0n) is 10.3. The van der Waals surface area contributed by atoms with Gasteiger partial charge in [0.15, 0.2) is 0 Å². The van der Waals surface area contributed by atoms with E-state index in [2.05, 4.69) is 4.74 Å². The standard InChI is InChI=1S/C12H16N2O4/c1-8-5-3-4-6-9(8)10(7-14(16)17)11(13)12(15)18-2/h3-6,10-11H,7,13H2,1-2H3/t10-,11-/m1/s1. The molecule has 0 aliphatic carbocycles. The number of carbonyl (C=O) groups excluding carboxylic acids is 1. The van der Waals surface area contributed by atoms with Crippen molar-refractivity contribution in [1.29, 1.82) is 0 Å². The van der Waals surface area contributed by atoms with Gasteiger partial charge < -0.3 is 10.5 Å². The van der Waals surface area contributed by atoms with Crippen molar-refractivity contribution in [3.63, 3.8) is 0 Å². The van der Waals surface area contributed by atoms with Crippen LogP contribution in [-0.4, -0.2) is 30.6 Å². The van der Waals surface area contributed by atoms with Gasteiger partial charge in [-0.25, -0.2) is 0 Å². The number of ether oxygens (including phenoxy) is 1. The molecular weight excluding hydrogens is 236 g/mol. The van der Waals surface area contributed by atoms with Crippen LogP contribution in [-0.2, 0) is 9.53 Å². The summed E-state index contributed by atoms with van der Waals surface area (Å²) in [6.07, 6.45) is 0. The Morgan fingerprint density at radius 2 is 2.11 bits per heavy atom. The van der Waals surface area contributed by atoms with Gasteiger partial charge in [0.05, 0.1) is 13.0 Å². The summed E-state index contributed by atoms with van der Waals surface area (Å²) in [6.45, 7) is 1.42. The second-order valence-electron chi connectivity index (χ2n) is 4.03. The van der Waals surface area contributed by atoms with Gasteiger partial charge in [0, 0.05) is 4.92 Å². The predicted molar refractivity (Wildman–Crippen MR) is 65.8 cm³/mol. The Balaban J connectivity index is 3.09. The van der Waals surface area contributed by atoms with Gasteiger partial charge >= 0.3 is 5.97 Å². The number of aryl methyl sites for hydroxylation is 1. The molecule has 0 amide bonds. The van der Waals surface area contributed by atoms with Crippen LogP contribution in [0.1, 0.15) is 17.0 Å². The van der Waals surface area contributed by atoms with Crippen molar-refractivity contribution in [2.45, 2.75) is 18.9 Å². The Morgan fingerprint density at radius 3 is 2.61 bits per heavy atom. The highest BCUT2D eigenvalue weighted by atomic mass is 16.6. The number of methoxy groups -OCH3 is 1. The summed E-state index contributed by atoms with van der Waals surface area (Å²) in [4.78, 5) is 21.7. The quantitative estimate of drug-likeness (QED) is 0.476. The summed E-state index contributed by atoms with van der Waals surface area (Å²) < 4.78 is 4.55. The van der Waals surface area contributed by atoms with Gasteiger partial charge in [-0.3, -0.25) is 14.9 Å². The van der Waals surface area contributed by atoms with Crippen molar-refractivity contribution in [2.75, 3.05) is 13.7 Å². The van der Waals surface area contributed by atoms with Crippen molar-refractivity contribution in [3.8, 4) is 0 Å². The van der Waals surface area contributed by atoms with E-state index in [1.807, 2.05) is 19.1 Å². The normalized spacial score (nSPS) is 13.7. The molecule has 0 heterocycles. The molecule has 0 bridgehead atoms. The molecule has 0 aromatic heterocycles. The molecule has 2 atom stereocenters. The van der Waals surface area contributed by atoms with Crippen LogP contribution in [0.5, 0.6) is 0 Å². The maximum absolute atomic E-state index is 11.4. The van der Waals surface area contributed by atoms with Crippen LogP contribution in [0.3, 0.4) is 0 Å². The van der Waals surface area contributed by atoms with E-state index in [0.717, 1.165) is 5.56 Å². The van der Waals surface area contributed by atoms with Crippen LogP contribution >= 0.6 is 0 Å². The Labute approximate surface area is 105 Å².